The van der Waals surface area contributed by atoms with Crippen molar-refractivity contribution in [2.24, 2.45) is 0 Å². The molecular weight excluding hydrogens is 172 g/mol. The van der Waals surface area contributed by atoms with Crippen LogP contribution in [0, 0.1) is 0 Å². The van der Waals surface area contributed by atoms with Crippen molar-refractivity contribution in [1.82, 2.24) is 0 Å². The van der Waals surface area contributed by atoms with E-state index in [1.54, 1.807) is 12.2 Å². The first kappa shape index (κ1) is 11.2. The molecule has 0 radical (unpaired) electrons. The Kier molecular flexibility index (Phi) is 5.88. The highest BCUT2D eigenvalue weighted by Gasteiger charge is 1.93. The largest absolute Gasteiger partial charge is 0.478 e. The number of allylic oxidation sites excluding steroid dienone is 2. The third-order valence-electron chi connectivity index (χ3n) is 0.945. The SMILES string of the molecule is C=CCC=COC(=O)/C=C\C(=O)O. The van der Waals surface area contributed by atoms with E-state index in [9.17, 15) is 9.59 Å². The lowest BCUT2D eigenvalue weighted by Gasteiger charge is -1.90. The van der Waals surface area contributed by atoms with Gasteiger partial charge in [-0.2, -0.15) is 0 Å². The van der Waals surface area contributed by atoms with Crippen molar-refractivity contribution >= 4 is 11.9 Å². The second-order valence-electron chi connectivity index (χ2n) is 2.00. The van der Waals surface area contributed by atoms with Gasteiger partial charge in [-0.1, -0.05) is 6.08 Å². The minimum atomic E-state index is -1.19. The summed E-state index contributed by atoms with van der Waals surface area (Å²) in [6.45, 7) is 3.45. The predicted molar refractivity (Wildman–Crippen MR) is 46.8 cm³/mol. The number of carbonyl (C=O) groups is 2. The van der Waals surface area contributed by atoms with Crippen molar-refractivity contribution in [3.63, 3.8) is 0 Å². The molecule has 70 valence electrons. The summed E-state index contributed by atoms with van der Waals surface area (Å²) < 4.78 is 4.48. The van der Waals surface area contributed by atoms with E-state index < -0.39 is 11.9 Å². The summed E-state index contributed by atoms with van der Waals surface area (Å²) in [6, 6.07) is 0. The zero-order chi connectivity index (χ0) is 10.1. The van der Waals surface area contributed by atoms with E-state index in [0.29, 0.717) is 12.5 Å². The molecule has 0 aliphatic carbocycles. The van der Waals surface area contributed by atoms with Crippen molar-refractivity contribution in [3.8, 4) is 0 Å². The van der Waals surface area contributed by atoms with Crippen LogP contribution < -0.4 is 0 Å². The zero-order valence-corrected chi connectivity index (χ0v) is 6.97. The molecule has 0 saturated carbocycles. The Labute approximate surface area is 75.8 Å². The Morgan fingerprint density at radius 3 is 2.62 bits per heavy atom. The van der Waals surface area contributed by atoms with Gasteiger partial charge in [0.1, 0.15) is 0 Å². The summed E-state index contributed by atoms with van der Waals surface area (Å²) in [5.41, 5.74) is 0. The Hall–Kier alpha value is -1.84. The van der Waals surface area contributed by atoms with Gasteiger partial charge in [-0.05, 0) is 12.5 Å². The zero-order valence-electron chi connectivity index (χ0n) is 6.97. The molecule has 0 saturated heterocycles. The highest BCUT2D eigenvalue weighted by molar-refractivity contribution is 5.90. The van der Waals surface area contributed by atoms with Crippen LogP contribution in [-0.2, 0) is 14.3 Å². The molecule has 0 aromatic heterocycles. The first-order chi connectivity index (χ1) is 6.16. The van der Waals surface area contributed by atoms with Crippen LogP contribution in [0.4, 0.5) is 0 Å². The van der Waals surface area contributed by atoms with Crippen LogP contribution in [0.5, 0.6) is 0 Å². The van der Waals surface area contributed by atoms with Gasteiger partial charge in [0.25, 0.3) is 0 Å². The minimum Gasteiger partial charge on any atom is -0.478 e. The predicted octanol–water partition coefficient (Wildman–Crippen LogP) is 1.26. The molecule has 0 bridgehead atoms. The van der Waals surface area contributed by atoms with E-state index in [0.717, 1.165) is 6.08 Å². The molecule has 0 spiro atoms. The van der Waals surface area contributed by atoms with E-state index in [1.807, 2.05) is 0 Å². The molecule has 0 aromatic carbocycles. The molecule has 0 aliphatic rings. The number of carboxylic acids is 1. The molecule has 4 heteroatoms. The first-order valence-corrected chi connectivity index (χ1v) is 3.54. The lowest BCUT2D eigenvalue weighted by molar-refractivity contribution is -0.134. The van der Waals surface area contributed by atoms with Crippen LogP contribution in [-0.4, -0.2) is 17.0 Å². The summed E-state index contributed by atoms with van der Waals surface area (Å²) in [6.07, 6.45) is 6.55. The Bertz CT molecular complexity index is 250. The van der Waals surface area contributed by atoms with E-state index >= 15 is 0 Å². The van der Waals surface area contributed by atoms with Gasteiger partial charge in [0.15, 0.2) is 0 Å². The van der Waals surface area contributed by atoms with Crippen molar-refractivity contribution < 1.29 is 19.4 Å². The van der Waals surface area contributed by atoms with Crippen molar-refractivity contribution in [3.05, 3.63) is 37.1 Å². The van der Waals surface area contributed by atoms with Gasteiger partial charge >= 0.3 is 11.9 Å². The fourth-order valence-electron chi connectivity index (χ4n) is 0.446. The molecule has 1 N–H and O–H groups in total. The van der Waals surface area contributed by atoms with Gasteiger partial charge in [0, 0.05) is 12.2 Å². The number of hydrogen-bond acceptors (Lipinski definition) is 3. The number of carbonyl (C=O) groups excluding carboxylic acids is 1. The van der Waals surface area contributed by atoms with Gasteiger partial charge in [-0.25, -0.2) is 9.59 Å². The number of esters is 1. The second-order valence-corrected chi connectivity index (χ2v) is 2.00. The van der Waals surface area contributed by atoms with E-state index in [1.165, 1.54) is 6.26 Å². The normalized spacial score (nSPS) is 10.5. The number of rotatable bonds is 5. The maximum Gasteiger partial charge on any atom is 0.335 e. The lowest BCUT2D eigenvalue weighted by Crippen LogP contribution is -1.96. The molecular formula is C9H10O4. The molecule has 0 rings (SSSR count). The third kappa shape index (κ3) is 8.06. The Morgan fingerprint density at radius 2 is 2.08 bits per heavy atom. The molecule has 0 aliphatic heterocycles. The monoisotopic (exact) mass is 182 g/mol. The topological polar surface area (TPSA) is 63.6 Å². The molecule has 13 heavy (non-hydrogen) atoms. The molecule has 0 heterocycles. The smallest absolute Gasteiger partial charge is 0.335 e. The Morgan fingerprint density at radius 1 is 1.38 bits per heavy atom. The van der Waals surface area contributed by atoms with E-state index in [4.69, 9.17) is 5.11 Å². The van der Waals surface area contributed by atoms with Crippen LogP contribution in [0.3, 0.4) is 0 Å². The summed E-state index contributed by atoms with van der Waals surface area (Å²) in [5.74, 6) is -1.91. The van der Waals surface area contributed by atoms with Gasteiger partial charge in [-0.3, -0.25) is 0 Å². The molecule has 0 unspecified atom stereocenters. The van der Waals surface area contributed by atoms with Crippen LogP contribution in [0.2, 0.25) is 0 Å². The molecule has 0 amide bonds. The van der Waals surface area contributed by atoms with Crippen LogP contribution in [0.25, 0.3) is 0 Å². The maximum absolute atomic E-state index is 10.7. The van der Waals surface area contributed by atoms with Gasteiger partial charge in [0.2, 0.25) is 0 Å². The molecule has 0 fully saturated rings. The average molecular weight is 182 g/mol. The molecule has 0 aromatic rings. The average Bonchev–Trinajstić information content (AvgIpc) is 2.09. The third-order valence-corrected chi connectivity index (χ3v) is 0.945. The second kappa shape index (κ2) is 6.84. The fraction of sp³-hybridized carbons (Fsp3) is 0.111. The number of aliphatic carboxylic acids is 1. The highest BCUT2D eigenvalue weighted by atomic mass is 16.5. The quantitative estimate of drug-likeness (QED) is 0.301. The van der Waals surface area contributed by atoms with Gasteiger partial charge in [0.05, 0.1) is 6.26 Å². The Balaban J connectivity index is 3.75. The summed E-state index contributed by atoms with van der Waals surface area (Å²) >= 11 is 0. The van der Waals surface area contributed by atoms with Crippen molar-refractivity contribution in [2.75, 3.05) is 0 Å². The van der Waals surface area contributed by atoms with Crippen molar-refractivity contribution in [2.45, 2.75) is 6.42 Å². The summed E-state index contributed by atoms with van der Waals surface area (Å²) in [5, 5.41) is 8.15. The summed E-state index contributed by atoms with van der Waals surface area (Å²) in [7, 11) is 0. The number of carboxylic acid groups (broad SMARTS) is 1. The van der Waals surface area contributed by atoms with Crippen LogP contribution in [0.15, 0.2) is 37.1 Å². The van der Waals surface area contributed by atoms with E-state index in [2.05, 4.69) is 11.3 Å². The number of ether oxygens (including phenoxy) is 1. The van der Waals surface area contributed by atoms with Gasteiger partial charge in [-0.15, -0.1) is 6.58 Å². The fourth-order valence-corrected chi connectivity index (χ4v) is 0.446. The standard InChI is InChI=1S/C9H10O4/c1-2-3-4-7-13-9(12)6-5-8(10)11/h2,4-7H,1,3H2,(H,10,11)/b6-5-,7-4?. The van der Waals surface area contributed by atoms with E-state index in [-0.39, 0.29) is 0 Å². The highest BCUT2D eigenvalue weighted by Crippen LogP contribution is 1.87. The maximum atomic E-state index is 10.7. The summed E-state index contributed by atoms with van der Waals surface area (Å²) in [4.78, 5) is 20.6. The first-order valence-electron chi connectivity index (χ1n) is 3.54. The molecule has 4 nitrogen and oxygen atoms in total. The molecule has 0 atom stereocenters. The van der Waals surface area contributed by atoms with Crippen molar-refractivity contribution in [1.29, 1.82) is 0 Å². The minimum absolute atomic E-state index is 0.593. The van der Waals surface area contributed by atoms with Crippen LogP contribution in [0.1, 0.15) is 6.42 Å². The van der Waals surface area contributed by atoms with Gasteiger partial charge < -0.3 is 9.84 Å². The lowest BCUT2D eigenvalue weighted by atomic mass is 10.4. The number of hydrogen-bond donors (Lipinski definition) is 1. The van der Waals surface area contributed by atoms with Crippen LogP contribution >= 0.6 is 0 Å².